The van der Waals surface area contributed by atoms with Crippen molar-refractivity contribution in [1.82, 2.24) is 38.7 Å². The highest BCUT2D eigenvalue weighted by Gasteiger charge is 2.34. The summed E-state index contributed by atoms with van der Waals surface area (Å²) < 4.78 is 325. The fourth-order valence-corrected chi connectivity index (χ4v) is 11.6. The van der Waals surface area contributed by atoms with Crippen molar-refractivity contribution in [2.24, 2.45) is 5.89 Å². The number of likely N-dealkylation sites (N-methyl/N-ethyl adjacent to an activating group) is 2. The van der Waals surface area contributed by atoms with Gasteiger partial charge in [0.15, 0.2) is 10.3 Å². The minimum atomic E-state index is -5.18. The number of thioether (sulfide) groups is 2. The van der Waals surface area contributed by atoms with E-state index >= 15 is 0 Å². The Labute approximate surface area is 597 Å². The van der Waals surface area contributed by atoms with Crippen LogP contribution in [0, 0.1) is 24.5 Å². The summed E-state index contributed by atoms with van der Waals surface area (Å²) in [6.45, 7) is -15.5. The van der Waals surface area contributed by atoms with Gasteiger partial charge in [-0.1, -0.05) is 155 Å². The van der Waals surface area contributed by atoms with Crippen molar-refractivity contribution in [2.45, 2.75) is 134 Å². The average molecular weight is 1390 g/mol. The maximum Gasteiger partial charge on any atom is 0.416 e. The Morgan fingerprint density at radius 3 is 1.52 bits per heavy atom. The monoisotopic (exact) mass is 1380 g/mol. The summed E-state index contributed by atoms with van der Waals surface area (Å²) in [5.74, 6) is -6.70. The number of alkyl halides is 6. The quantitative estimate of drug-likeness (QED) is 0.0295. The normalized spacial score (nSPS) is 20.0. The van der Waals surface area contributed by atoms with Gasteiger partial charge in [0.25, 0.3) is 11.1 Å². The van der Waals surface area contributed by atoms with Crippen molar-refractivity contribution in [3.63, 3.8) is 0 Å². The van der Waals surface area contributed by atoms with E-state index in [2.05, 4.69) is 9.97 Å². The van der Waals surface area contributed by atoms with E-state index in [9.17, 15) is 65.3 Å². The number of hydrogen-bond acceptors (Lipinski definition) is 10. The molecular weight excluding hydrogens is 1280 g/mol. The predicted molar refractivity (Wildman–Crippen MR) is 362 cm³/mol. The molecule has 1 unspecified atom stereocenters. The number of amides is 2. The minimum absolute atomic E-state index is 0.0173. The van der Waals surface area contributed by atoms with E-state index < -0.39 is 210 Å². The van der Waals surface area contributed by atoms with E-state index in [1.807, 2.05) is 0 Å². The number of carbonyl (C=O) groups excluding carboxylic acids is 2. The number of fused-ring (bicyclic) bond motifs is 2. The van der Waals surface area contributed by atoms with Crippen molar-refractivity contribution in [1.29, 1.82) is 0 Å². The van der Waals surface area contributed by atoms with Gasteiger partial charge in [-0.05, 0) is 164 Å². The second-order valence-electron chi connectivity index (χ2n) is 21.4. The van der Waals surface area contributed by atoms with Crippen molar-refractivity contribution in [2.75, 3.05) is 52.2 Å². The largest absolute Gasteiger partial charge is 0.416 e. The van der Waals surface area contributed by atoms with Crippen LogP contribution in [0.5, 0.6) is 0 Å². The molecular formula is C74H80F8N8O4S2. The van der Waals surface area contributed by atoms with Gasteiger partial charge >= 0.3 is 12.4 Å². The fraction of sp³-hybridized carbons (Fsp3) is 0.378. The zero-order valence-electron chi connectivity index (χ0n) is 76.6. The lowest BCUT2D eigenvalue weighted by molar-refractivity contribution is -0.138. The van der Waals surface area contributed by atoms with Gasteiger partial charge in [0, 0.05) is 85.3 Å². The summed E-state index contributed by atoms with van der Waals surface area (Å²) in [4.78, 5) is 66.2. The van der Waals surface area contributed by atoms with Crippen LogP contribution in [-0.4, -0.2) is 103 Å². The molecule has 1 atom stereocenters. The van der Waals surface area contributed by atoms with Crippen LogP contribution in [0.1, 0.15) is 135 Å². The van der Waals surface area contributed by atoms with Gasteiger partial charge in [0.2, 0.25) is 11.8 Å². The highest BCUT2D eigenvalue weighted by Crippen LogP contribution is 2.36. The maximum absolute atomic E-state index is 14.8. The number of rotatable bonds is 26. The number of nitrogens with zero attached hydrogens (tertiary/aromatic N) is 8. The third-order valence-corrected chi connectivity index (χ3v) is 16.9. The lowest BCUT2D eigenvalue weighted by Crippen LogP contribution is -2.40. The molecule has 6 aromatic carbocycles. The number of benzene rings is 6. The van der Waals surface area contributed by atoms with Crippen LogP contribution in [-0.2, 0) is 85.1 Å². The minimum Gasteiger partial charge on any atom is -0.336 e. The number of aromatic nitrogens is 4. The average Bonchev–Trinajstić information content (AvgIpc) is 1.50. The van der Waals surface area contributed by atoms with E-state index in [4.69, 9.17) is 21.9 Å². The maximum atomic E-state index is 14.8. The highest BCUT2D eigenvalue weighted by atomic mass is 32.2. The lowest BCUT2D eigenvalue weighted by Gasteiger charge is -2.28. The molecule has 0 radical (unpaired) electrons. The van der Waals surface area contributed by atoms with Gasteiger partial charge in [-0.3, -0.25) is 19.2 Å². The summed E-state index contributed by atoms with van der Waals surface area (Å²) in [6.07, 6.45) is -14.8. The van der Waals surface area contributed by atoms with Gasteiger partial charge in [-0.2, -0.15) is 36.3 Å². The van der Waals surface area contributed by atoms with Gasteiger partial charge in [0.1, 0.15) is 24.7 Å². The molecule has 0 aliphatic heterocycles. The smallest absolute Gasteiger partial charge is 0.336 e. The first kappa shape index (κ1) is 46.3. The molecule has 2 aliphatic carbocycles. The lowest BCUT2D eigenvalue weighted by atomic mass is 9.98. The van der Waals surface area contributed by atoms with Crippen LogP contribution < -0.4 is 11.1 Å². The van der Waals surface area contributed by atoms with Crippen LogP contribution in [0.2, 0.25) is 0 Å². The molecule has 2 aliphatic rings. The molecule has 0 spiro atoms. The number of carbonyl (C=O) groups is 2. The predicted octanol–water partition coefficient (Wildman–Crippen LogP) is 15.0. The Bertz CT molecular complexity index is 5300. The molecule has 508 valence electrons. The Balaban J connectivity index is 0.000000273. The zero-order chi connectivity index (χ0) is 90.2. The summed E-state index contributed by atoms with van der Waals surface area (Å²) in [5.41, 5.74) is -8.15. The van der Waals surface area contributed by atoms with E-state index in [-0.39, 0.29) is 76.6 Å². The summed E-state index contributed by atoms with van der Waals surface area (Å²) in [6, 6.07) is 10.8. The van der Waals surface area contributed by atoms with E-state index in [0.717, 1.165) is 88.1 Å². The standard InChI is InChI=1S/2C37H40F4N4O2S/c1-4-43(5-2)18-19-44(22-26-6-10-28(11-7-26)29-12-14-30(15-13-29)37(39,40)41)34(46)23-45-33-21-25(3)20-32(33)35(47)42-36(45)48-24-27-8-16-31(38)17-9-27;1-4-43(5-2)19-20-44(22-26-9-13-28(14-10-26)29-15-18-32(25(3)21-29)37(39,40)41)34(46)23-45-33-8-6-7-31(33)35(47)42-36(45)48-24-27-11-16-30(38)17-12-27/h6-17,25H,4-5,18-24H2,1-3H3;9-18,21H,4-8,19-20,22-24H2,1-3H3/i18D2,19D2,20D2,21D2,22D2,25D;9D,10D,13D,14D,15D,18D,19D2,20D2,21D,22D2. The summed E-state index contributed by atoms with van der Waals surface area (Å²) in [5, 5.41) is -0.472. The van der Waals surface area contributed by atoms with E-state index in [1.165, 1.54) is 92.9 Å². The Hall–Kier alpha value is -7.92. The molecule has 0 saturated heterocycles. The van der Waals surface area contributed by atoms with Crippen LogP contribution >= 0.6 is 23.5 Å². The van der Waals surface area contributed by atoms with Crippen LogP contribution in [0.3, 0.4) is 0 Å². The van der Waals surface area contributed by atoms with Gasteiger partial charge in [-0.25, -0.2) is 8.78 Å². The first-order valence-electron chi connectivity index (χ1n) is 42.0. The van der Waals surface area contributed by atoms with E-state index in [1.54, 1.807) is 0 Å². The molecule has 12 nitrogen and oxygen atoms in total. The molecule has 10 rings (SSSR count). The molecule has 22 heteroatoms. The SMILES string of the molecule is [2H]C([2H])(c1ccc(-c2ccc(C(F)(F)F)cc2)cc1)N(C(=O)Cn1c(SCc2ccc(F)cc2)nc(=O)c2c1C([2H])([2H])C([2H])(C)C2([2H])[2H])C([2H])([2H])C([2H])([2H])N(CC)CC.[2H]c1c([2H])c(C([2H])([2H])N(C(=O)Cn2c(SCc3ccc(F)cc3)nc(=O)c3c2CCC3)C([2H])([2H])C([2H])([2H])N(CC)CC)c([2H])c([2H])c1-c1c([2H])c([2H])c(C(F)(F)F)c(C)c1[2H]. The molecule has 2 heterocycles. The molecule has 0 N–H and O–H groups in total. The first-order chi connectivity index (χ1) is 55.3. The molecule has 2 amide bonds. The van der Waals surface area contributed by atoms with Crippen molar-refractivity contribution in [3.05, 3.63) is 233 Å². The third kappa shape index (κ3) is 19.0. The second kappa shape index (κ2) is 32.9. The summed E-state index contributed by atoms with van der Waals surface area (Å²) >= 11 is 1.70. The number of hydrogen-bond donors (Lipinski definition) is 0. The van der Waals surface area contributed by atoms with Crippen molar-refractivity contribution >= 4 is 35.3 Å². The Kier molecular flexibility index (Phi) is 15.9. The Morgan fingerprint density at radius 2 is 1.03 bits per heavy atom. The molecule has 8 aromatic rings. The molecule has 0 bridgehead atoms. The molecule has 0 saturated carbocycles. The first-order valence-corrected chi connectivity index (χ1v) is 32.0. The van der Waals surface area contributed by atoms with Crippen molar-refractivity contribution in [3.8, 4) is 22.3 Å². The summed E-state index contributed by atoms with van der Waals surface area (Å²) in [7, 11) is 0. The Morgan fingerprint density at radius 1 is 0.573 bits per heavy atom. The molecule has 96 heavy (non-hydrogen) atoms. The third-order valence-electron chi connectivity index (χ3n) is 14.8. The zero-order valence-corrected chi connectivity index (χ0v) is 54.2. The van der Waals surface area contributed by atoms with Crippen LogP contribution in [0.4, 0.5) is 35.1 Å². The fourth-order valence-electron chi connectivity index (χ4n) is 9.70. The highest BCUT2D eigenvalue weighted by molar-refractivity contribution is 7.98. The van der Waals surface area contributed by atoms with Crippen molar-refractivity contribution < 1.29 is 77.6 Å². The second-order valence-corrected chi connectivity index (χ2v) is 23.3. The van der Waals surface area contributed by atoms with Gasteiger partial charge in [0.05, 0.1) is 31.7 Å². The number of halogens is 8. The van der Waals surface area contributed by atoms with Gasteiger partial charge < -0.3 is 28.7 Å². The van der Waals surface area contributed by atoms with Crippen LogP contribution in [0.15, 0.2) is 159 Å². The topological polar surface area (TPSA) is 117 Å². The van der Waals surface area contributed by atoms with E-state index in [0.29, 0.717) is 34.4 Å². The van der Waals surface area contributed by atoms with Crippen LogP contribution in [0.25, 0.3) is 22.3 Å². The molecule has 0 fully saturated rings. The van der Waals surface area contributed by atoms with Gasteiger partial charge in [-0.15, -0.1) is 0 Å². The molecule has 2 aromatic heterocycles.